The molecular formula is C17H20N4O2. The van der Waals surface area contributed by atoms with E-state index in [1.54, 1.807) is 18.5 Å². The van der Waals surface area contributed by atoms with Crippen LogP contribution < -0.4 is 4.74 Å². The van der Waals surface area contributed by atoms with Crippen LogP contribution in [0.1, 0.15) is 15.9 Å². The van der Waals surface area contributed by atoms with Gasteiger partial charge in [-0.25, -0.2) is 9.97 Å². The van der Waals surface area contributed by atoms with E-state index in [-0.39, 0.29) is 5.91 Å². The summed E-state index contributed by atoms with van der Waals surface area (Å²) in [4.78, 5) is 24.6. The van der Waals surface area contributed by atoms with Gasteiger partial charge in [0.2, 0.25) is 0 Å². The van der Waals surface area contributed by atoms with Crippen LogP contribution in [0.3, 0.4) is 0 Å². The van der Waals surface area contributed by atoms with Crippen molar-refractivity contribution in [3.63, 3.8) is 0 Å². The quantitative estimate of drug-likeness (QED) is 0.855. The van der Waals surface area contributed by atoms with Gasteiger partial charge in [0.25, 0.3) is 5.91 Å². The fraction of sp³-hybridized carbons (Fsp3) is 0.353. The third-order valence-electron chi connectivity index (χ3n) is 3.90. The largest absolute Gasteiger partial charge is 0.459 e. The van der Waals surface area contributed by atoms with Crippen LogP contribution in [0.15, 0.2) is 42.7 Å². The Morgan fingerprint density at radius 2 is 1.74 bits per heavy atom. The predicted octanol–water partition coefficient (Wildman–Crippen LogP) is 1.44. The Labute approximate surface area is 135 Å². The number of likely N-dealkylation sites (N-methyl/N-ethyl adjacent to an activating group) is 1. The standard InChI is InChI=1S/C17H20N4O2/c1-20-9-11-21(12-10-20)16(22)15-5-3-14(4-6-15)13-23-17-18-7-2-8-19-17/h2-8H,9-13H2,1H3. The van der Waals surface area contributed by atoms with Crippen molar-refractivity contribution in [1.29, 1.82) is 0 Å². The summed E-state index contributed by atoms with van der Waals surface area (Å²) in [7, 11) is 2.08. The molecule has 0 unspecified atom stereocenters. The van der Waals surface area contributed by atoms with Gasteiger partial charge in [0.15, 0.2) is 0 Å². The Kier molecular flexibility index (Phi) is 4.83. The van der Waals surface area contributed by atoms with Crippen molar-refractivity contribution in [2.75, 3.05) is 33.2 Å². The van der Waals surface area contributed by atoms with E-state index in [1.807, 2.05) is 29.2 Å². The minimum absolute atomic E-state index is 0.0944. The number of hydrogen-bond donors (Lipinski definition) is 0. The molecule has 0 atom stereocenters. The van der Waals surface area contributed by atoms with E-state index in [9.17, 15) is 4.79 Å². The van der Waals surface area contributed by atoms with E-state index in [0.717, 1.165) is 31.7 Å². The molecule has 1 amide bonds. The van der Waals surface area contributed by atoms with Crippen molar-refractivity contribution in [2.24, 2.45) is 0 Å². The molecule has 1 fully saturated rings. The summed E-state index contributed by atoms with van der Waals surface area (Å²) in [6.07, 6.45) is 3.28. The van der Waals surface area contributed by atoms with Crippen molar-refractivity contribution in [3.05, 3.63) is 53.9 Å². The highest BCUT2D eigenvalue weighted by Gasteiger charge is 2.20. The lowest BCUT2D eigenvalue weighted by molar-refractivity contribution is 0.0664. The number of amides is 1. The molecule has 120 valence electrons. The maximum absolute atomic E-state index is 12.5. The Balaban J connectivity index is 1.57. The molecule has 2 aromatic rings. The van der Waals surface area contributed by atoms with Crippen LogP contribution >= 0.6 is 0 Å². The molecule has 2 heterocycles. The zero-order valence-electron chi connectivity index (χ0n) is 13.2. The minimum Gasteiger partial charge on any atom is -0.459 e. The van der Waals surface area contributed by atoms with E-state index >= 15 is 0 Å². The summed E-state index contributed by atoms with van der Waals surface area (Å²) >= 11 is 0. The van der Waals surface area contributed by atoms with E-state index in [0.29, 0.717) is 18.2 Å². The number of rotatable bonds is 4. The van der Waals surface area contributed by atoms with Gasteiger partial charge in [0.05, 0.1) is 0 Å². The summed E-state index contributed by atoms with van der Waals surface area (Å²) in [6, 6.07) is 9.62. The number of ether oxygens (including phenoxy) is 1. The fourth-order valence-corrected chi connectivity index (χ4v) is 2.44. The molecule has 6 heteroatoms. The van der Waals surface area contributed by atoms with Crippen LogP contribution in [-0.4, -0.2) is 58.9 Å². The molecule has 0 radical (unpaired) electrons. The van der Waals surface area contributed by atoms with Gasteiger partial charge in [-0.15, -0.1) is 0 Å². The van der Waals surface area contributed by atoms with Crippen LogP contribution in [0.25, 0.3) is 0 Å². The Hall–Kier alpha value is -2.47. The van der Waals surface area contributed by atoms with Crippen LogP contribution in [0.2, 0.25) is 0 Å². The van der Waals surface area contributed by atoms with Gasteiger partial charge in [0, 0.05) is 44.1 Å². The number of hydrogen-bond acceptors (Lipinski definition) is 5. The zero-order valence-corrected chi connectivity index (χ0v) is 13.2. The zero-order chi connectivity index (χ0) is 16.1. The molecule has 0 aliphatic carbocycles. The summed E-state index contributed by atoms with van der Waals surface area (Å²) < 4.78 is 5.50. The highest BCUT2D eigenvalue weighted by Crippen LogP contribution is 2.11. The van der Waals surface area contributed by atoms with E-state index < -0.39 is 0 Å². The van der Waals surface area contributed by atoms with Crippen LogP contribution in [0, 0.1) is 0 Å². The van der Waals surface area contributed by atoms with Crippen molar-refractivity contribution < 1.29 is 9.53 Å². The van der Waals surface area contributed by atoms with Crippen molar-refractivity contribution in [3.8, 4) is 6.01 Å². The predicted molar refractivity (Wildman–Crippen MR) is 86.2 cm³/mol. The van der Waals surface area contributed by atoms with Gasteiger partial charge < -0.3 is 14.5 Å². The fourth-order valence-electron chi connectivity index (χ4n) is 2.44. The number of piperazine rings is 1. The van der Waals surface area contributed by atoms with Gasteiger partial charge in [-0.2, -0.15) is 0 Å². The van der Waals surface area contributed by atoms with E-state index in [1.165, 1.54) is 0 Å². The summed E-state index contributed by atoms with van der Waals surface area (Å²) in [6.45, 7) is 3.80. The van der Waals surface area contributed by atoms with Crippen molar-refractivity contribution in [1.82, 2.24) is 19.8 Å². The third kappa shape index (κ3) is 4.04. The highest BCUT2D eigenvalue weighted by atomic mass is 16.5. The molecule has 1 aromatic heterocycles. The molecule has 0 N–H and O–H groups in total. The van der Waals surface area contributed by atoms with Crippen molar-refractivity contribution in [2.45, 2.75) is 6.61 Å². The first-order valence-electron chi connectivity index (χ1n) is 7.69. The van der Waals surface area contributed by atoms with Gasteiger partial charge in [0.1, 0.15) is 6.61 Å². The van der Waals surface area contributed by atoms with Gasteiger partial charge in [-0.1, -0.05) is 12.1 Å². The third-order valence-corrected chi connectivity index (χ3v) is 3.90. The molecule has 6 nitrogen and oxygen atoms in total. The Bertz CT molecular complexity index is 637. The maximum atomic E-state index is 12.5. The first-order valence-corrected chi connectivity index (χ1v) is 7.69. The van der Waals surface area contributed by atoms with E-state index in [2.05, 4.69) is 21.9 Å². The second-order valence-electron chi connectivity index (χ2n) is 5.61. The maximum Gasteiger partial charge on any atom is 0.316 e. The average Bonchev–Trinajstić information content (AvgIpc) is 2.61. The Morgan fingerprint density at radius 3 is 2.39 bits per heavy atom. The topological polar surface area (TPSA) is 58.6 Å². The van der Waals surface area contributed by atoms with Crippen LogP contribution in [0.5, 0.6) is 6.01 Å². The van der Waals surface area contributed by atoms with Crippen LogP contribution in [-0.2, 0) is 6.61 Å². The van der Waals surface area contributed by atoms with Crippen LogP contribution in [0.4, 0.5) is 0 Å². The average molecular weight is 312 g/mol. The van der Waals surface area contributed by atoms with Crippen molar-refractivity contribution >= 4 is 5.91 Å². The lowest BCUT2D eigenvalue weighted by Crippen LogP contribution is -2.47. The molecule has 0 saturated carbocycles. The molecule has 1 saturated heterocycles. The highest BCUT2D eigenvalue weighted by molar-refractivity contribution is 5.94. The first-order chi connectivity index (χ1) is 11.2. The second-order valence-corrected chi connectivity index (χ2v) is 5.61. The van der Waals surface area contributed by atoms with Gasteiger partial charge in [-0.05, 0) is 30.8 Å². The minimum atomic E-state index is 0.0944. The Morgan fingerprint density at radius 1 is 1.09 bits per heavy atom. The molecule has 1 aliphatic rings. The summed E-state index contributed by atoms with van der Waals surface area (Å²) in [5, 5.41) is 0. The smallest absolute Gasteiger partial charge is 0.316 e. The summed E-state index contributed by atoms with van der Waals surface area (Å²) in [5.41, 5.74) is 1.70. The van der Waals surface area contributed by atoms with Gasteiger partial charge >= 0.3 is 6.01 Å². The number of benzene rings is 1. The number of nitrogens with zero attached hydrogens (tertiary/aromatic N) is 4. The molecule has 23 heavy (non-hydrogen) atoms. The summed E-state index contributed by atoms with van der Waals surface area (Å²) in [5.74, 6) is 0.0944. The molecule has 0 spiro atoms. The van der Waals surface area contributed by atoms with E-state index in [4.69, 9.17) is 4.74 Å². The first kappa shape index (κ1) is 15.4. The molecule has 0 bridgehead atoms. The molecule has 3 rings (SSSR count). The monoisotopic (exact) mass is 312 g/mol. The molecule has 1 aromatic carbocycles. The lowest BCUT2D eigenvalue weighted by atomic mass is 10.1. The number of carbonyl (C=O) groups is 1. The molecular weight excluding hydrogens is 292 g/mol. The lowest BCUT2D eigenvalue weighted by Gasteiger charge is -2.32. The molecule has 1 aliphatic heterocycles. The second kappa shape index (κ2) is 7.19. The normalized spacial score (nSPS) is 15.4. The van der Waals surface area contributed by atoms with Gasteiger partial charge in [-0.3, -0.25) is 4.79 Å². The number of aromatic nitrogens is 2. The SMILES string of the molecule is CN1CCN(C(=O)c2ccc(COc3ncccn3)cc2)CC1. The number of carbonyl (C=O) groups excluding carboxylic acids is 1.